The lowest BCUT2D eigenvalue weighted by Gasteiger charge is -2.21. The molecule has 0 amide bonds. The van der Waals surface area contributed by atoms with Gasteiger partial charge in [0.25, 0.3) is 0 Å². The van der Waals surface area contributed by atoms with Crippen molar-refractivity contribution in [1.82, 2.24) is 0 Å². The van der Waals surface area contributed by atoms with Crippen molar-refractivity contribution >= 4 is 11.8 Å². The van der Waals surface area contributed by atoms with Gasteiger partial charge in [0.2, 0.25) is 0 Å². The van der Waals surface area contributed by atoms with E-state index in [1.54, 1.807) is 6.92 Å². The number of ketones is 1. The van der Waals surface area contributed by atoms with Crippen molar-refractivity contribution in [1.29, 1.82) is 0 Å². The van der Waals surface area contributed by atoms with Gasteiger partial charge in [0, 0.05) is 12.8 Å². The molecule has 116 valence electrons. The average Bonchev–Trinajstić information content (AvgIpc) is 2.33. The molecule has 0 aliphatic rings. The van der Waals surface area contributed by atoms with Crippen LogP contribution in [0.4, 0.5) is 0 Å². The van der Waals surface area contributed by atoms with Crippen molar-refractivity contribution in [2.75, 3.05) is 6.61 Å². The summed E-state index contributed by atoms with van der Waals surface area (Å²) in [6.45, 7) is 9.54. The Morgan fingerprint density at radius 2 is 1.71 bits per heavy atom. The Bertz CT molecular complexity index is 524. The summed E-state index contributed by atoms with van der Waals surface area (Å²) >= 11 is 0. The molecular weight excluding hydrogens is 266 g/mol. The molecule has 0 aliphatic carbocycles. The highest BCUT2D eigenvalue weighted by Gasteiger charge is 2.32. The summed E-state index contributed by atoms with van der Waals surface area (Å²) in [5, 5.41) is 0. The van der Waals surface area contributed by atoms with Crippen LogP contribution in [0.5, 0.6) is 0 Å². The summed E-state index contributed by atoms with van der Waals surface area (Å²) in [4.78, 5) is 24.0. The number of carbonyl (C=O) groups excluding carboxylic acids is 2. The van der Waals surface area contributed by atoms with Gasteiger partial charge in [0.15, 0.2) is 0 Å². The molecule has 0 spiro atoms. The zero-order valence-electron chi connectivity index (χ0n) is 13.6. The molecule has 1 unspecified atom stereocenters. The summed E-state index contributed by atoms with van der Waals surface area (Å²) < 4.78 is 4.90. The van der Waals surface area contributed by atoms with Crippen LogP contribution in [0.1, 0.15) is 42.5 Å². The summed E-state index contributed by atoms with van der Waals surface area (Å²) in [5.41, 5.74) is 9.02. The van der Waals surface area contributed by atoms with E-state index in [2.05, 4.69) is 12.1 Å². The zero-order chi connectivity index (χ0) is 16.2. The van der Waals surface area contributed by atoms with Crippen molar-refractivity contribution in [2.24, 2.45) is 5.73 Å². The highest BCUT2D eigenvalue weighted by molar-refractivity contribution is 5.90. The minimum Gasteiger partial charge on any atom is -0.465 e. The van der Waals surface area contributed by atoms with Crippen molar-refractivity contribution in [3.63, 3.8) is 0 Å². The maximum atomic E-state index is 12.2. The molecule has 1 rings (SSSR count). The topological polar surface area (TPSA) is 69.4 Å². The van der Waals surface area contributed by atoms with Gasteiger partial charge < -0.3 is 10.5 Å². The molecule has 0 radical (unpaired) electrons. The number of ether oxygens (including phenoxy) is 1. The Balaban J connectivity index is 2.81. The molecule has 0 heterocycles. The molecule has 0 saturated carbocycles. The van der Waals surface area contributed by atoms with E-state index >= 15 is 0 Å². The zero-order valence-corrected chi connectivity index (χ0v) is 13.6. The highest BCUT2D eigenvalue weighted by Crippen LogP contribution is 2.19. The summed E-state index contributed by atoms with van der Waals surface area (Å²) in [7, 11) is 0. The molecule has 2 N–H and O–H groups in total. The predicted octanol–water partition coefficient (Wildman–Crippen LogP) is 2.39. The van der Waals surface area contributed by atoms with E-state index < -0.39 is 11.5 Å². The molecule has 21 heavy (non-hydrogen) atoms. The highest BCUT2D eigenvalue weighted by atomic mass is 16.5. The number of esters is 1. The number of hydrogen-bond acceptors (Lipinski definition) is 4. The van der Waals surface area contributed by atoms with E-state index in [4.69, 9.17) is 10.5 Å². The van der Waals surface area contributed by atoms with Gasteiger partial charge in [-0.2, -0.15) is 0 Å². The van der Waals surface area contributed by atoms with Gasteiger partial charge in [0.05, 0.1) is 6.61 Å². The van der Waals surface area contributed by atoms with Crippen LogP contribution in [-0.2, 0) is 20.7 Å². The standard InChI is InChI=1S/C17H25NO3/c1-6-21-16(20)17(5,18)10-14(19)9-15-12(3)7-11(2)8-13(15)4/h7-8H,6,9-10,18H2,1-5H3. The van der Waals surface area contributed by atoms with E-state index in [0.717, 1.165) is 16.7 Å². The minimum absolute atomic E-state index is 0.0153. The number of carbonyl (C=O) groups is 2. The third-order valence-electron chi connectivity index (χ3n) is 3.52. The Morgan fingerprint density at radius 3 is 2.19 bits per heavy atom. The summed E-state index contributed by atoms with van der Waals surface area (Å²) in [5.74, 6) is -0.584. The van der Waals surface area contributed by atoms with Gasteiger partial charge in [-0.1, -0.05) is 17.7 Å². The maximum Gasteiger partial charge on any atom is 0.326 e. The van der Waals surface area contributed by atoms with Crippen molar-refractivity contribution in [2.45, 2.75) is 53.0 Å². The van der Waals surface area contributed by atoms with Crippen LogP contribution >= 0.6 is 0 Å². The maximum absolute atomic E-state index is 12.2. The number of Topliss-reactive ketones (excluding diaryl/α,β-unsaturated/α-hetero) is 1. The van der Waals surface area contributed by atoms with Crippen LogP contribution in [0.15, 0.2) is 12.1 Å². The first kappa shape index (κ1) is 17.4. The van der Waals surface area contributed by atoms with Crippen LogP contribution in [0.25, 0.3) is 0 Å². The average molecular weight is 291 g/mol. The van der Waals surface area contributed by atoms with Crippen molar-refractivity contribution in [3.8, 4) is 0 Å². The van der Waals surface area contributed by atoms with Gasteiger partial charge in [-0.05, 0) is 51.3 Å². The van der Waals surface area contributed by atoms with E-state index in [1.807, 2.05) is 20.8 Å². The predicted molar refractivity (Wildman–Crippen MR) is 83.2 cm³/mol. The molecule has 0 aliphatic heterocycles. The minimum atomic E-state index is -1.26. The SMILES string of the molecule is CCOC(=O)C(C)(N)CC(=O)Cc1c(C)cc(C)cc1C. The normalized spacial score (nSPS) is 13.6. The molecule has 4 heteroatoms. The van der Waals surface area contributed by atoms with Crippen molar-refractivity contribution < 1.29 is 14.3 Å². The fourth-order valence-electron chi connectivity index (χ4n) is 2.53. The molecule has 4 nitrogen and oxygen atoms in total. The summed E-state index contributed by atoms with van der Waals surface area (Å²) in [6.07, 6.45) is 0.280. The van der Waals surface area contributed by atoms with Crippen LogP contribution < -0.4 is 5.73 Å². The third kappa shape index (κ3) is 4.67. The van der Waals surface area contributed by atoms with Crippen LogP contribution in [0.2, 0.25) is 0 Å². The molecule has 1 aromatic carbocycles. The van der Waals surface area contributed by atoms with Gasteiger partial charge >= 0.3 is 5.97 Å². The quantitative estimate of drug-likeness (QED) is 0.817. The lowest BCUT2D eigenvalue weighted by atomic mass is 9.90. The Hall–Kier alpha value is -1.68. The van der Waals surface area contributed by atoms with E-state index in [0.29, 0.717) is 6.42 Å². The fraction of sp³-hybridized carbons (Fsp3) is 0.529. The fourth-order valence-corrected chi connectivity index (χ4v) is 2.53. The van der Waals surface area contributed by atoms with Crippen LogP contribution in [0, 0.1) is 20.8 Å². The first-order valence-electron chi connectivity index (χ1n) is 7.22. The first-order chi connectivity index (χ1) is 9.67. The number of aryl methyl sites for hydroxylation is 3. The Labute approximate surface area is 126 Å². The molecule has 0 saturated heterocycles. The second kappa shape index (κ2) is 6.85. The third-order valence-corrected chi connectivity index (χ3v) is 3.52. The number of rotatable bonds is 6. The molecule has 1 atom stereocenters. The van der Waals surface area contributed by atoms with E-state index in [1.165, 1.54) is 12.5 Å². The monoisotopic (exact) mass is 291 g/mol. The molecule has 0 bridgehead atoms. The van der Waals surface area contributed by atoms with Gasteiger partial charge in [0.1, 0.15) is 11.3 Å². The second-order valence-corrected chi connectivity index (χ2v) is 5.91. The Morgan fingerprint density at radius 1 is 1.19 bits per heavy atom. The summed E-state index contributed by atoms with van der Waals surface area (Å²) in [6, 6.07) is 4.12. The van der Waals surface area contributed by atoms with Gasteiger partial charge in [-0.3, -0.25) is 9.59 Å². The van der Waals surface area contributed by atoms with Crippen LogP contribution in [-0.4, -0.2) is 23.9 Å². The molecule has 0 aromatic heterocycles. The largest absolute Gasteiger partial charge is 0.465 e. The second-order valence-electron chi connectivity index (χ2n) is 5.91. The lowest BCUT2D eigenvalue weighted by Crippen LogP contribution is -2.48. The molecule has 1 aromatic rings. The smallest absolute Gasteiger partial charge is 0.326 e. The van der Waals surface area contributed by atoms with E-state index in [9.17, 15) is 9.59 Å². The van der Waals surface area contributed by atoms with E-state index in [-0.39, 0.29) is 18.8 Å². The molecular formula is C17H25NO3. The first-order valence-corrected chi connectivity index (χ1v) is 7.22. The van der Waals surface area contributed by atoms with Gasteiger partial charge in [-0.15, -0.1) is 0 Å². The lowest BCUT2D eigenvalue weighted by molar-refractivity contribution is -0.150. The van der Waals surface area contributed by atoms with Crippen molar-refractivity contribution in [3.05, 3.63) is 34.4 Å². The van der Waals surface area contributed by atoms with Crippen LogP contribution in [0.3, 0.4) is 0 Å². The van der Waals surface area contributed by atoms with Gasteiger partial charge in [-0.25, -0.2) is 0 Å². The number of benzene rings is 1. The Kier molecular flexibility index (Phi) is 5.67. The number of nitrogens with two attached hydrogens (primary N) is 1. The molecule has 0 fully saturated rings. The number of hydrogen-bond donors (Lipinski definition) is 1.